The van der Waals surface area contributed by atoms with Crippen molar-refractivity contribution in [2.75, 3.05) is 33.6 Å². The number of aromatic amines is 2. The van der Waals surface area contributed by atoms with Crippen LogP contribution in [-0.2, 0) is 19.1 Å². The lowest BCUT2D eigenvalue weighted by molar-refractivity contribution is -0.135. The highest BCUT2D eigenvalue weighted by Crippen LogP contribution is 2.39. The van der Waals surface area contributed by atoms with Crippen LogP contribution in [0.3, 0.4) is 0 Å². The largest absolute Gasteiger partial charge is 0.453 e. The van der Waals surface area contributed by atoms with E-state index < -0.39 is 24.3 Å². The van der Waals surface area contributed by atoms with Gasteiger partial charge in [-0.15, -0.1) is 0 Å². The van der Waals surface area contributed by atoms with Gasteiger partial charge in [-0.1, -0.05) is 121 Å². The summed E-state index contributed by atoms with van der Waals surface area (Å²) in [6.45, 7) is 1.02. The average Bonchev–Trinajstić information content (AvgIpc) is 4.17. The van der Waals surface area contributed by atoms with Crippen LogP contribution in [-0.4, -0.2) is 92.6 Å². The predicted octanol–water partition coefficient (Wildman–Crippen LogP) is 8.65. The molecule has 2 aromatic heterocycles. The molecule has 4 amide bonds. The van der Waals surface area contributed by atoms with Gasteiger partial charge in [0.2, 0.25) is 0 Å². The van der Waals surface area contributed by atoms with Crippen LogP contribution in [0.5, 0.6) is 0 Å². The first kappa shape index (κ1) is 43.1. The van der Waals surface area contributed by atoms with Gasteiger partial charge in [-0.2, -0.15) is 11.8 Å². The summed E-state index contributed by atoms with van der Waals surface area (Å²) in [4.78, 5) is 72.6. The molecule has 1 unspecified atom stereocenters. The van der Waals surface area contributed by atoms with Gasteiger partial charge >= 0.3 is 12.2 Å². The number of hydrogen-bond donors (Lipinski definition) is 4. The van der Waals surface area contributed by atoms with E-state index in [0.29, 0.717) is 59.6 Å². The van der Waals surface area contributed by atoms with Gasteiger partial charge in [0, 0.05) is 23.9 Å². The maximum absolute atomic E-state index is 14.2. The van der Waals surface area contributed by atoms with Crippen LogP contribution in [0.25, 0.3) is 33.6 Å². The van der Waals surface area contributed by atoms with Crippen LogP contribution in [0.4, 0.5) is 9.59 Å². The highest BCUT2D eigenvalue weighted by molar-refractivity contribution is 7.99. The number of alkyl carbamates (subject to hydrolysis) is 2. The van der Waals surface area contributed by atoms with Crippen molar-refractivity contribution in [3.63, 3.8) is 0 Å². The zero-order valence-corrected chi connectivity index (χ0v) is 36.5. The van der Waals surface area contributed by atoms with E-state index in [0.717, 1.165) is 34.4 Å². The highest BCUT2D eigenvalue weighted by Gasteiger charge is 2.41. The Bertz CT molecular complexity index is 2550. The first-order chi connectivity index (χ1) is 30.6. The van der Waals surface area contributed by atoms with Gasteiger partial charge in [0.1, 0.15) is 34.6 Å². The average molecular weight is 887 g/mol. The number of benzene rings is 4. The van der Waals surface area contributed by atoms with E-state index in [2.05, 4.69) is 20.6 Å². The Balaban J connectivity index is 0.957. The smallest absolute Gasteiger partial charge is 0.407 e. The third kappa shape index (κ3) is 9.30. The number of methoxy groups -OCH3 is 2. The van der Waals surface area contributed by atoms with Crippen molar-refractivity contribution < 1.29 is 28.7 Å². The molecule has 6 aromatic rings. The summed E-state index contributed by atoms with van der Waals surface area (Å²) in [7, 11) is 2.55. The van der Waals surface area contributed by atoms with E-state index in [-0.39, 0.29) is 29.1 Å². The third-order valence-electron chi connectivity index (χ3n) is 11.7. The lowest BCUT2D eigenvalue weighted by Gasteiger charge is -2.28. The molecule has 0 spiro atoms. The van der Waals surface area contributed by atoms with E-state index >= 15 is 0 Å². The summed E-state index contributed by atoms with van der Waals surface area (Å²) in [6, 6.07) is 31.9. The molecule has 4 N–H and O–H groups in total. The molecule has 14 nitrogen and oxygen atoms in total. The first-order valence-corrected chi connectivity index (χ1v) is 22.3. The van der Waals surface area contributed by atoms with Gasteiger partial charge < -0.3 is 39.9 Å². The number of hydrogen-bond acceptors (Lipinski definition) is 9. The Hall–Kier alpha value is -6.58. The SMILES string of the molecule is COC(=O)NC(C(=O)N1C[C@@H](SC)C[C@H]1c1ncc(-c2ccc(-c3ccc(-c4nc([C@@H]5CCCN5C(=O)[C@@H](NC(=O)OC)c5ccccc5)[nH]c4Cl)cc3)cc2)[nH]1)c1ccccc1. The second kappa shape index (κ2) is 19.2. The fourth-order valence-corrected chi connectivity index (χ4v) is 9.30. The minimum Gasteiger partial charge on any atom is -0.453 e. The van der Waals surface area contributed by atoms with E-state index in [1.54, 1.807) is 39.9 Å². The number of rotatable bonds is 12. The zero-order valence-electron chi connectivity index (χ0n) is 34.9. The predicted molar refractivity (Wildman–Crippen MR) is 242 cm³/mol. The van der Waals surface area contributed by atoms with Crippen LogP contribution in [0, 0.1) is 0 Å². The molecule has 2 saturated heterocycles. The molecule has 2 aliphatic rings. The lowest BCUT2D eigenvalue weighted by atomic mass is 10.0. The van der Waals surface area contributed by atoms with Gasteiger partial charge in [-0.05, 0) is 53.3 Å². The van der Waals surface area contributed by atoms with Crippen LogP contribution in [0.1, 0.15) is 66.2 Å². The van der Waals surface area contributed by atoms with Crippen molar-refractivity contribution in [3.05, 3.63) is 143 Å². The maximum Gasteiger partial charge on any atom is 0.407 e. The number of thioether (sulfide) groups is 1. The van der Waals surface area contributed by atoms with Crippen LogP contribution < -0.4 is 10.6 Å². The van der Waals surface area contributed by atoms with Gasteiger partial charge in [0.25, 0.3) is 11.8 Å². The van der Waals surface area contributed by atoms with Gasteiger partial charge in [0.05, 0.1) is 38.2 Å². The summed E-state index contributed by atoms with van der Waals surface area (Å²) in [5.41, 5.74) is 6.48. The Labute approximate surface area is 374 Å². The molecule has 4 heterocycles. The second-order valence-corrected chi connectivity index (χ2v) is 16.9. The van der Waals surface area contributed by atoms with Crippen LogP contribution in [0.15, 0.2) is 115 Å². The van der Waals surface area contributed by atoms with Crippen molar-refractivity contribution in [1.29, 1.82) is 0 Å². The van der Waals surface area contributed by atoms with Crippen molar-refractivity contribution in [3.8, 4) is 33.6 Å². The highest BCUT2D eigenvalue weighted by atomic mass is 35.5. The molecule has 0 radical (unpaired) electrons. The summed E-state index contributed by atoms with van der Waals surface area (Å²) < 4.78 is 9.69. The number of amides is 4. The Morgan fingerprint density at radius 2 is 1.25 bits per heavy atom. The molecule has 5 atom stereocenters. The number of halogens is 1. The van der Waals surface area contributed by atoms with Crippen LogP contribution >= 0.6 is 23.4 Å². The van der Waals surface area contributed by atoms with E-state index in [9.17, 15) is 19.2 Å². The summed E-state index contributed by atoms with van der Waals surface area (Å²) in [5.74, 6) is 0.772. The Kier molecular flexibility index (Phi) is 13.1. The molecule has 2 fully saturated rings. The molecule has 2 aliphatic heterocycles. The van der Waals surface area contributed by atoms with Gasteiger partial charge in [-0.25, -0.2) is 19.6 Å². The fraction of sp³-hybridized carbons (Fsp3) is 0.277. The van der Waals surface area contributed by atoms with Crippen LogP contribution in [0.2, 0.25) is 5.15 Å². The number of likely N-dealkylation sites (tertiary alicyclic amines) is 2. The molecule has 324 valence electrons. The normalized spacial score (nSPS) is 18.1. The van der Waals surface area contributed by atoms with Gasteiger partial charge in [0.15, 0.2) is 0 Å². The quantitative estimate of drug-likeness (QED) is 0.0938. The Morgan fingerprint density at radius 1 is 0.714 bits per heavy atom. The molecule has 0 bridgehead atoms. The minimum atomic E-state index is -0.923. The maximum atomic E-state index is 14.2. The number of carbonyl (C=O) groups excluding carboxylic acids is 4. The second-order valence-electron chi connectivity index (χ2n) is 15.4. The van der Waals surface area contributed by atoms with Crippen molar-refractivity contribution in [1.82, 2.24) is 40.4 Å². The third-order valence-corrected chi connectivity index (χ3v) is 12.9. The molecular formula is C47H47ClN8O6S. The molecule has 16 heteroatoms. The summed E-state index contributed by atoms with van der Waals surface area (Å²) in [5, 5.41) is 6.00. The fourth-order valence-electron chi connectivity index (χ4n) is 8.37. The molecule has 0 aliphatic carbocycles. The number of nitrogens with one attached hydrogen (secondary N) is 4. The molecule has 4 aromatic carbocycles. The summed E-state index contributed by atoms with van der Waals surface area (Å²) in [6.07, 6.45) is 4.62. The number of H-pyrrole nitrogens is 2. The molecule has 8 rings (SSSR count). The number of imidazole rings is 2. The lowest BCUT2D eigenvalue weighted by Crippen LogP contribution is -2.43. The minimum absolute atomic E-state index is 0.198. The Morgan fingerprint density at radius 3 is 1.81 bits per heavy atom. The first-order valence-electron chi connectivity index (χ1n) is 20.6. The summed E-state index contributed by atoms with van der Waals surface area (Å²) >= 11 is 8.47. The van der Waals surface area contributed by atoms with E-state index in [1.807, 2.05) is 103 Å². The van der Waals surface area contributed by atoms with E-state index in [4.69, 9.17) is 31.0 Å². The van der Waals surface area contributed by atoms with Gasteiger partial charge in [-0.3, -0.25) is 9.59 Å². The van der Waals surface area contributed by atoms with Crippen molar-refractivity contribution in [2.24, 2.45) is 0 Å². The zero-order chi connectivity index (χ0) is 44.0. The van der Waals surface area contributed by atoms with E-state index in [1.165, 1.54) is 14.2 Å². The number of nitrogens with zero attached hydrogens (tertiary/aromatic N) is 4. The van der Waals surface area contributed by atoms with Crippen molar-refractivity contribution >= 4 is 47.4 Å². The molecular weight excluding hydrogens is 840 g/mol. The molecule has 0 saturated carbocycles. The number of carbonyl (C=O) groups is 4. The monoisotopic (exact) mass is 886 g/mol. The standard InChI is InChI=1S/C47H47ClN8O6S/c1-61-46(59)52-39(31-11-6-4-7-12-31)44(57)55-24-10-15-36(55)43-51-38(41(48)54-43)33-22-18-29(19-23-33)28-16-20-30(21-17-28)35-26-49-42(50-35)37-25-34(63-3)27-56(37)45(58)40(53-47(60)62-2)32-13-8-5-9-14-32/h4-9,11-14,16-23,26,34,36-37,39-40H,10,15,24-25,27H2,1-3H3,(H,49,50)(H,51,54)(H,52,59)(H,53,60)/t34-,36-,37-,39-,40?/m0/s1. The number of aromatic nitrogens is 4. The van der Waals surface area contributed by atoms with Crippen molar-refractivity contribution in [2.45, 2.75) is 48.7 Å². The topological polar surface area (TPSA) is 175 Å². The molecule has 63 heavy (non-hydrogen) atoms. The number of ether oxygens (including phenoxy) is 2.